The third-order valence-corrected chi connectivity index (χ3v) is 7.51. The molecule has 2 aliphatic rings. The second-order valence-electron chi connectivity index (χ2n) is 9.26. The molecule has 0 bridgehead atoms. The van der Waals surface area contributed by atoms with Gasteiger partial charge in [0.1, 0.15) is 0 Å². The Bertz CT molecular complexity index is 348. The van der Waals surface area contributed by atoms with Gasteiger partial charge in [0.05, 0.1) is 6.10 Å². The highest BCUT2D eigenvalue weighted by molar-refractivity contribution is 5.04. The van der Waals surface area contributed by atoms with E-state index in [2.05, 4.69) is 41.5 Å². The Hall–Kier alpha value is -0.0400. The smallest absolute Gasteiger partial charge is 0.0571 e. The molecule has 0 aliphatic heterocycles. The SMILES string of the molecule is CC[C@@H](C)CC[C@H]1[C@@H](C)C(O)C[C@H]2C(C)(C)CCC[C@]12C. The molecular weight excluding hydrogens is 256 g/mol. The fourth-order valence-electron chi connectivity index (χ4n) is 5.78. The lowest BCUT2D eigenvalue weighted by Gasteiger charge is -2.60. The van der Waals surface area contributed by atoms with E-state index < -0.39 is 0 Å². The first-order valence-electron chi connectivity index (χ1n) is 9.40. The number of hydrogen-bond donors (Lipinski definition) is 1. The minimum absolute atomic E-state index is 0.0811. The molecule has 2 fully saturated rings. The lowest BCUT2D eigenvalue weighted by atomic mass is 9.45. The molecule has 1 unspecified atom stereocenters. The van der Waals surface area contributed by atoms with Crippen LogP contribution in [0.4, 0.5) is 0 Å². The van der Waals surface area contributed by atoms with Crippen molar-refractivity contribution in [1.82, 2.24) is 0 Å². The molecule has 2 saturated carbocycles. The maximum Gasteiger partial charge on any atom is 0.0571 e. The van der Waals surface area contributed by atoms with Crippen LogP contribution in [0.15, 0.2) is 0 Å². The highest BCUT2D eigenvalue weighted by Gasteiger charge is 2.55. The molecule has 2 aliphatic carbocycles. The van der Waals surface area contributed by atoms with Gasteiger partial charge in [-0.2, -0.15) is 0 Å². The van der Waals surface area contributed by atoms with E-state index in [-0.39, 0.29) is 6.10 Å². The summed E-state index contributed by atoms with van der Waals surface area (Å²) in [5, 5.41) is 10.7. The quantitative estimate of drug-likeness (QED) is 0.709. The predicted molar refractivity (Wildman–Crippen MR) is 91.2 cm³/mol. The molecule has 0 saturated heterocycles. The van der Waals surface area contributed by atoms with Crippen LogP contribution in [0.2, 0.25) is 0 Å². The molecule has 0 amide bonds. The summed E-state index contributed by atoms with van der Waals surface area (Å²) in [5.74, 6) is 2.71. The van der Waals surface area contributed by atoms with Gasteiger partial charge in [0.25, 0.3) is 0 Å². The first kappa shape index (κ1) is 17.3. The fraction of sp³-hybridized carbons (Fsp3) is 1.00. The molecule has 1 heteroatoms. The predicted octanol–water partition coefficient (Wildman–Crippen LogP) is 5.66. The van der Waals surface area contributed by atoms with Crippen LogP contribution in [0, 0.1) is 34.5 Å². The average Bonchev–Trinajstić information content (AvgIpc) is 2.41. The van der Waals surface area contributed by atoms with Crippen LogP contribution in [-0.4, -0.2) is 11.2 Å². The zero-order valence-corrected chi connectivity index (χ0v) is 15.3. The van der Waals surface area contributed by atoms with Crippen molar-refractivity contribution in [1.29, 1.82) is 0 Å². The van der Waals surface area contributed by atoms with Crippen molar-refractivity contribution in [3.8, 4) is 0 Å². The lowest BCUT2D eigenvalue weighted by Crippen LogP contribution is -2.55. The minimum Gasteiger partial charge on any atom is -0.393 e. The Kier molecular flexibility index (Phi) is 5.13. The Morgan fingerprint density at radius 3 is 2.48 bits per heavy atom. The number of hydrogen-bond acceptors (Lipinski definition) is 1. The summed E-state index contributed by atoms with van der Waals surface area (Å²) in [6.45, 7) is 14.5. The molecular formula is C20H38O. The van der Waals surface area contributed by atoms with Gasteiger partial charge in [0.2, 0.25) is 0 Å². The van der Waals surface area contributed by atoms with Gasteiger partial charge >= 0.3 is 0 Å². The molecule has 0 spiro atoms. The number of fused-ring (bicyclic) bond motifs is 1. The molecule has 0 aromatic rings. The molecule has 2 rings (SSSR count). The Labute approximate surface area is 132 Å². The van der Waals surface area contributed by atoms with Crippen molar-refractivity contribution >= 4 is 0 Å². The maximum absolute atomic E-state index is 10.7. The summed E-state index contributed by atoms with van der Waals surface area (Å²) in [5.41, 5.74) is 0.858. The van der Waals surface area contributed by atoms with Crippen LogP contribution in [0.1, 0.15) is 86.5 Å². The van der Waals surface area contributed by atoms with Gasteiger partial charge in [-0.3, -0.25) is 0 Å². The van der Waals surface area contributed by atoms with Crippen LogP contribution >= 0.6 is 0 Å². The first-order valence-corrected chi connectivity index (χ1v) is 9.40. The molecule has 6 atom stereocenters. The van der Waals surface area contributed by atoms with Crippen molar-refractivity contribution < 1.29 is 5.11 Å². The summed E-state index contributed by atoms with van der Waals surface area (Å²) in [6, 6.07) is 0. The van der Waals surface area contributed by atoms with Crippen LogP contribution in [0.3, 0.4) is 0 Å². The lowest BCUT2D eigenvalue weighted by molar-refractivity contribution is -0.142. The largest absolute Gasteiger partial charge is 0.393 e. The van der Waals surface area contributed by atoms with Gasteiger partial charge in [0, 0.05) is 0 Å². The van der Waals surface area contributed by atoms with E-state index in [0.29, 0.717) is 28.6 Å². The number of rotatable bonds is 4. The third-order valence-electron chi connectivity index (χ3n) is 7.51. The summed E-state index contributed by atoms with van der Waals surface area (Å²) < 4.78 is 0. The van der Waals surface area contributed by atoms with E-state index in [9.17, 15) is 5.11 Å². The molecule has 0 aromatic heterocycles. The van der Waals surface area contributed by atoms with Gasteiger partial charge in [-0.25, -0.2) is 0 Å². The Morgan fingerprint density at radius 2 is 1.86 bits per heavy atom. The van der Waals surface area contributed by atoms with Crippen molar-refractivity contribution in [2.24, 2.45) is 34.5 Å². The molecule has 1 nitrogen and oxygen atoms in total. The second-order valence-corrected chi connectivity index (χ2v) is 9.26. The molecule has 0 aromatic carbocycles. The van der Waals surface area contributed by atoms with Crippen LogP contribution in [0.25, 0.3) is 0 Å². The maximum atomic E-state index is 10.7. The van der Waals surface area contributed by atoms with Gasteiger partial charge in [-0.1, -0.05) is 60.8 Å². The van der Waals surface area contributed by atoms with E-state index in [4.69, 9.17) is 0 Å². The van der Waals surface area contributed by atoms with Gasteiger partial charge < -0.3 is 5.11 Å². The van der Waals surface area contributed by atoms with Crippen LogP contribution in [-0.2, 0) is 0 Å². The van der Waals surface area contributed by atoms with Gasteiger partial charge in [-0.05, 0) is 60.2 Å². The van der Waals surface area contributed by atoms with E-state index in [1.807, 2.05) is 0 Å². The number of aliphatic hydroxyl groups is 1. The normalized spacial score (nSPS) is 44.1. The van der Waals surface area contributed by atoms with Crippen molar-refractivity contribution in [2.75, 3.05) is 0 Å². The first-order chi connectivity index (χ1) is 9.72. The minimum atomic E-state index is -0.0811. The monoisotopic (exact) mass is 294 g/mol. The summed E-state index contributed by atoms with van der Waals surface area (Å²) in [4.78, 5) is 0. The van der Waals surface area contributed by atoms with E-state index in [1.165, 1.54) is 38.5 Å². The Balaban J connectivity index is 2.22. The van der Waals surface area contributed by atoms with Crippen LogP contribution in [0.5, 0.6) is 0 Å². The molecule has 124 valence electrons. The fourth-order valence-corrected chi connectivity index (χ4v) is 5.78. The highest BCUT2D eigenvalue weighted by atomic mass is 16.3. The third kappa shape index (κ3) is 3.19. The van der Waals surface area contributed by atoms with E-state index in [0.717, 1.165) is 12.3 Å². The molecule has 1 N–H and O–H groups in total. The second kappa shape index (κ2) is 6.22. The zero-order valence-electron chi connectivity index (χ0n) is 15.3. The highest BCUT2D eigenvalue weighted by Crippen LogP contribution is 2.62. The Morgan fingerprint density at radius 1 is 1.19 bits per heavy atom. The summed E-state index contributed by atoms with van der Waals surface area (Å²) in [6.07, 6.45) is 8.98. The zero-order chi connectivity index (χ0) is 15.8. The van der Waals surface area contributed by atoms with Crippen LogP contribution < -0.4 is 0 Å². The number of aliphatic hydroxyl groups excluding tert-OH is 1. The average molecular weight is 295 g/mol. The van der Waals surface area contributed by atoms with Crippen molar-refractivity contribution in [2.45, 2.75) is 92.6 Å². The molecule has 21 heavy (non-hydrogen) atoms. The topological polar surface area (TPSA) is 20.2 Å². The van der Waals surface area contributed by atoms with Gasteiger partial charge in [0.15, 0.2) is 0 Å². The summed E-state index contributed by atoms with van der Waals surface area (Å²) >= 11 is 0. The molecule has 0 radical (unpaired) electrons. The van der Waals surface area contributed by atoms with Crippen molar-refractivity contribution in [3.63, 3.8) is 0 Å². The standard InChI is InChI=1S/C20H38O/c1-7-14(2)9-10-16-15(3)17(21)13-18-19(4,5)11-8-12-20(16,18)6/h14-18,21H,7-13H2,1-6H3/t14-,15-,16+,17?,18+,20-/m1/s1. The van der Waals surface area contributed by atoms with E-state index >= 15 is 0 Å². The molecule has 0 heterocycles. The summed E-state index contributed by atoms with van der Waals surface area (Å²) in [7, 11) is 0. The van der Waals surface area contributed by atoms with Gasteiger partial charge in [-0.15, -0.1) is 0 Å². The van der Waals surface area contributed by atoms with E-state index in [1.54, 1.807) is 0 Å². The van der Waals surface area contributed by atoms with Crippen molar-refractivity contribution in [3.05, 3.63) is 0 Å².